The molecule has 202 valence electrons. The van der Waals surface area contributed by atoms with Crippen LogP contribution in [0, 0.1) is 0 Å². The number of amides is 2. The average Bonchev–Trinajstić information content (AvgIpc) is 2.94. The molecule has 38 heavy (non-hydrogen) atoms. The van der Waals surface area contributed by atoms with Gasteiger partial charge in [0.1, 0.15) is 24.1 Å². The second kappa shape index (κ2) is 12.7. The van der Waals surface area contributed by atoms with Gasteiger partial charge in [-0.15, -0.1) is 0 Å². The molecule has 11 heteroatoms. The largest absolute Gasteiger partial charge is 0.497 e. The summed E-state index contributed by atoms with van der Waals surface area (Å²) in [7, 11) is 0.320. The number of likely N-dealkylation sites (N-methyl/N-ethyl adjacent to an activating group) is 1. The Morgan fingerprint density at radius 1 is 0.895 bits per heavy atom. The van der Waals surface area contributed by atoms with Crippen LogP contribution in [0.25, 0.3) is 0 Å². The zero-order valence-corrected chi connectivity index (χ0v) is 23.1. The molecular weight excluding hydrogens is 530 g/mol. The lowest BCUT2D eigenvalue weighted by Crippen LogP contribution is -2.50. The quantitative estimate of drug-likeness (QED) is 0.384. The lowest BCUT2D eigenvalue weighted by molar-refractivity contribution is -0.139. The van der Waals surface area contributed by atoms with Crippen LogP contribution >= 0.6 is 11.6 Å². The second-order valence-electron chi connectivity index (χ2n) is 8.32. The van der Waals surface area contributed by atoms with Crippen molar-refractivity contribution in [3.8, 4) is 11.5 Å². The van der Waals surface area contributed by atoms with E-state index in [-0.39, 0.29) is 23.0 Å². The second-order valence-corrected chi connectivity index (χ2v) is 10.6. The molecule has 0 radical (unpaired) electrons. The molecule has 0 fully saturated rings. The molecule has 3 rings (SSSR count). The number of nitrogens with zero attached hydrogens (tertiary/aromatic N) is 2. The molecule has 0 aliphatic carbocycles. The first-order chi connectivity index (χ1) is 18.1. The van der Waals surface area contributed by atoms with E-state index < -0.39 is 28.5 Å². The Bertz CT molecular complexity index is 1350. The molecule has 0 aliphatic heterocycles. The lowest BCUT2D eigenvalue weighted by atomic mass is 10.1. The predicted molar refractivity (Wildman–Crippen MR) is 146 cm³/mol. The smallest absolute Gasteiger partial charge is 0.264 e. The maximum Gasteiger partial charge on any atom is 0.264 e. The van der Waals surface area contributed by atoms with Crippen molar-refractivity contribution < 1.29 is 27.5 Å². The summed E-state index contributed by atoms with van der Waals surface area (Å²) in [6, 6.07) is 18.2. The number of methoxy groups -OCH3 is 2. The minimum Gasteiger partial charge on any atom is -0.497 e. The summed E-state index contributed by atoms with van der Waals surface area (Å²) in [5, 5.41) is 2.96. The Hall–Kier alpha value is -3.76. The summed E-state index contributed by atoms with van der Waals surface area (Å²) in [5.74, 6) is 0.181. The number of benzene rings is 3. The Kier molecular flexibility index (Phi) is 9.60. The Labute approximate surface area is 228 Å². The molecule has 0 aromatic heterocycles. The van der Waals surface area contributed by atoms with Crippen molar-refractivity contribution in [2.45, 2.75) is 24.4 Å². The Morgan fingerprint density at radius 2 is 1.42 bits per heavy atom. The topological polar surface area (TPSA) is 105 Å². The predicted octanol–water partition coefficient (Wildman–Crippen LogP) is 3.72. The number of rotatable bonds is 11. The summed E-state index contributed by atoms with van der Waals surface area (Å²) in [5.41, 5.74) is 0.988. The number of halogens is 1. The van der Waals surface area contributed by atoms with Crippen molar-refractivity contribution in [1.29, 1.82) is 0 Å². The maximum absolute atomic E-state index is 13.8. The van der Waals surface area contributed by atoms with Crippen LogP contribution in [0.1, 0.15) is 12.5 Å². The molecule has 1 atom stereocenters. The maximum atomic E-state index is 13.8. The van der Waals surface area contributed by atoms with E-state index in [1.807, 2.05) is 0 Å². The molecule has 1 N–H and O–H groups in total. The van der Waals surface area contributed by atoms with Gasteiger partial charge in [-0.25, -0.2) is 8.42 Å². The molecular formula is C27H30ClN3O6S. The first-order valence-electron chi connectivity index (χ1n) is 11.7. The third kappa shape index (κ3) is 6.76. The molecule has 0 saturated carbocycles. The van der Waals surface area contributed by atoms with Gasteiger partial charge in [0.2, 0.25) is 11.8 Å². The number of carbonyl (C=O) groups is 2. The van der Waals surface area contributed by atoms with E-state index in [9.17, 15) is 18.0 Å². The monoisotopic (exact) mass is 559 g/mol. The number of nitrogens with one attached hydrogen (secondary N) is 1. The molecule has 3 aromatic rings. The number of ether oxygens (including phenoxy) is 2. The van der Waals surface area contributed by atoms with Gasteiger partial charge in [-0.2, -0.15) is 0 Å². The van der Waals surface area contributed by atoms with Gasteiger partial charge in [0.05, 0.1) is 24.8 Å². The highest BCUT2D eigenvalue weighted by Crippen LogP contribution is 2.27. The van der Waals surface area contributed by atoms with Crippen LogP contribution in [0.2, 0.25) is 5.02 Å². The number of anilines is 1. The van der Waals surface area contributed by atoms with Crippen LogP contribution in [0.3, 0.4) is 0 Å². The van der Waals surface area contributed by atoms with Crippen LogP contribution in [0.15, 0.2) is 77.7 Å². The molecule has 0 heterocycles. The van der Waals surface area contributed by atoms with Gasteiger partial charge >= 0.3 is 0 Å². The first-order valence-corrected chi connectivity index (χ1v) is 13.5. The van der Waals surface area contributed by atoms with E-state index in [0.29, 0.717) is 16.5 Å². The molecule has 0 bridgehead atoms. The summed E-state index contributed by atoms with van der Waals surface area (Å²) >= 11 is 6.03. The van der Waals surface area contributed by atoms with Gasteiger partial charge in [0, 0.05) is 18.6 Å². The van der Waals surface area contributed by atoms with E-state index >= 15 is 0 Å². The van der Waals surface area contributed by atoms with Crippen LogP contribution in [0.4, 0.5) is 5.69 Å². The highest BCUT2D eigenvalue weighted by Gasteiger charge is 2.32. The van der Waals surface area contributed by atoms with Crippen LogP contribution in [0.5, 0.6) is 11.5 Å². The number of hydrogen-bond acceptors (Lipinski definition) is 6. The SMILES string of the molecule is CNC(=O)[C@H](C)N(Cc1ccc(OC)cc1)C(=O)CN(c1ccc(Cl)cc1)S(=O)(=O)c1ccc(OC)cc1. The van der Waals surface area contributed by atoms with E-state index in [2.05, 4.69) is 5.32 Å². The van der Waals surface area contributed by atoms with Gasteiger partial charge in [0.25, 0.3) is 10.0 Å². The van der Waals surface area contributed by atoms with Crippen molar-refractivity contribution in [2.24, 2.45) is 0 Å². The van der Waals surface area contributed by atoms with E-state index in [4.69, 9.17) is 21.1 Å². The minimum atomic E-state index is -4.18. The van der Waals surface area contributed by atoms with Gasteiger partial charge in [-0.05, 0) is 73.2 Å². The van der Waals surface area contributed by atoms with Crippen LogP contribution in [-0.2, 0) is 26.2 Å². The van der Waals surface area contributed by atoms with Crippen LogP contribution < -0.4 is 19.1 Å². The van der Waals surface area contributed by atoms with Crippen molar-refractivity contribution in [1.82, 2.24) is 10.2 Å². The number of sulfonamides is 1. The third-order valence-electron chi connectivity index (χ3n) is 5.97. The summed E-state index contributed by atoms with van der Waals surface area (Å²) in [4.78, 5) is 27.6. The number of carbonyl (C=O) groups excluding carboxylic acids is 2. The van der Waals surface area contributed by atoms with Crippen molar-refractivity contribution >= 4 is 39.1 Å². The van der Waals surface area contributed by atoms with Gasteiger partial charge in [-0.1, -0.05) is 23.7 Å². The van der Waals surface area contributed by atoms with E-state index in [1.54, 1.807) is 50.4 Å². The minimum absolute atomic E-state index is 0.0258. The lowest BCUT2D eigenvalue weighted by Gasteiger charge is -2.31. The van der Waals surface area contributed by atoms with Gasteiger partial charge < -0.3 is 19.7 Å². The first kappa shape index (κ1) is 28.8. The highest BCUT2D eigenvalue weighted by molar-refractivity contribution is 7.92. The molecule has 9 nitrogen and oxygen atoms in total. The highest BCUT2D eigenvalue weighted by atomic mass is 35.5. The standard InChI is InChI=1S/C27H30ClN3O6S/c1-19(27(33)29-2)30(17-20-5-11-23(36-3)12-6-20)26(32)18-31(22-9-7-21(28)8-10-22)38(34,35)25-15-13-24(37-4)14-16-25/h5-16,19H,17-18H2,1-4H3,(H,29,33)/t19-/m0/s1. The normalized spacial score (nSPS) is 11.8. The van der Waals surface area contributed by atoms with Crippen LogP contribution in [-0.4, -0.2) is 59.0 Å². The fourth-order valence-corrected chi connectivity index (χ4v) is 5.27. The van der Waals surface area contributed by atoms with Gasteiger partial charge in [-0.3, -0.25) is 13.9 Å². The van der Waals surface area contributed by atoms with E-state index in [0.717, 1.165) is 9.87 Å². The third-order valence-corrected chi connectivity index (χ3v) is 8.01. The summed E-state index contributed by atoms with van der Waals surface area (Å²) in [6.07, 6.45) is 0. The van der Waals surface area contributed by atoms with E-state index in [1.165, 1.54) is 55.5 Å². The molecule has 0 saturated heterocycles. The fraction of sp³-hybridized carbons (Fsp3) is 0.259. The van der Waals surface area contributed by atoms with Crippen molar-refractivity contribution in [3.63, 3.8) is 0 Å². The van der Waals surface area contributed by atoms with Gasteiger partial charge in [0.15, 0.2) is 0 Å². The zero-order chi connectivity index (χ0) is 27.9. The molecule has 2 amide bonds. The number of hydrogen-bond donors (Lipinski definition) is 1. The summed E-state index contributed by atoms with van der Waals surface area (Å²) < 4.78 is 38.8. The summed E-state index contributed by atoms with van der Waals surface area (Å²) in [6.45, 7) is 1.12. The molecule has 0 spiro atoms. The Morgan fingerprint density at radius 3 is 1.92 bits per heavy atom. The van der Waals surface area contributed by atoms with Crippen molar-refractivity contribution in [2.75, 3.05) is 32.1 Å². The Balaban J connectivity index is 2.01. The fourth-order valence-electron chi connectivity index (χ4n) is 3.73. The zero-order valence-electron chi connectivity index (χ0n) is 21.5. The molecule has 3 aromatic carbocycles. The molecule has 0 unspecified atom stereocenters. The average molecular weight is 560 g/mol. The molecule has 0 aliphatic rings. The van der Waals surface area contributed by atoms with Crippen molar-refractivity contribution in [3.05, 3.63) is 83.4 Å².